The Morgan fingerprint density at radius 2 is 1.45 bits per heavy atom. The first-order chi connectivity index (χ1) is 19.1. The van der Waals surface area contributed by atoms with Crippen LogP contribution in [0, 0.1) is 0 Å². The van der Waals surface area contributed by atoms with Gasteiger partial charge >= 0.3 is 5.97 Å². The maximum Gasteiger partial charge on any atom is 0.329 e. The first-order valence-corrected chi connectivity index (χ1v) is 13.1. The summed E-state index contributed by atoms with van der Waals surface area (Å²) in [6, 6.07) is 20.7. The Bertz CT molecular complexity index is 1360. The van der Waals surface area contributed by atoms with Crippen molar-refractivity contribution in [3.63, 3.8) is 0 Å². The van der Waals surface area contributed by atoms with Crippen molar-refractivity contribution in [2.24, 2.45) is 0 Å². The average molecular weight is 546 g/mol. The molecule has 1 aliphatic rings. The average Bonchev–Trinajstić information content (AvgIpc) is 2.93. The first kappa shape index (κ1) is 28.5. The first-order valence-electron chi connectivity index (χ1n) is 13.1. The van der Waals surface area contributed by atoms with E-state index >= 15 is 0 Å². The van der Waals surface area contributed by atoms with Gasteiger partial charge in [-0.15, -0.1) is 0 Å². The van der Waals surface area contributed by atoms with Gasteiger partial charge in [0.15, 0.2) is 5.60 Å². The van der Waals surface area contributed by atoms with Crippen molar-refractivity contribution in [2.45, 2.75) is 50.9 Å². The molecule has 1 amide bonds. The fourth-order valence-corrected chi connectivity index (χ4v) is 4.25. The highest BCUT2D eigenvalue weighted by atomic mass is 16.5. The summed E-state index contributed by atoms with van der Waals surface area (Å²) < 4.78 is 22.6. The van der Waals surface area contributed by atoms with E-state index in [2.05, 4.69) is 5.32 Å². The molecule has 8 nitrogen and oxygen atoms in total. The lowest BCUT2D eigenvalue weighted by atomic mass is 9.76. The van der Waals surface area contributed by atoms with Crippen molar-refractivity contribution in [2.75, 3.05) is 14.2 Å². The van der Waals surface area contributed by atoms with Gasteiger partial charge in [-0.3, -0.25) is 4.79 Å². The molecule has 0 atom stereocenters. The third kappa shape index (κ3) is 6.94. The van der Waals surface area contributed by atoms with Gasteiger partial charge in [0, 0.05) is 6.07 Å². The summed E-state index contributed by atoms with van der Waals surface area (Å²) in [5.74, 6) is 1.17. The summed E-state index contributed by atoms with van der Waals surface area (Å²) in [5.41, 5.74) is 0.447. The van der Waals surface area contributed by atoms with Crippen LogP contribution in [-0.4, -0.2) is 42.3 Å². The smallest absolute Gasteiger partial charge is 0.329 e. The summed E-state index contributed by atoms with van der Waals surface area (Å²) in [4.78, 5) is 24.4. The van der Waals surface area contributed by atoms with Gasteiger partial charge in [-0.2, -0.15) is 0 Å². The third-order valence-corrected chi connectivity index (χ3v) is 6.94. The lowest BCUT2D eigenvalue weighted by Gasteiger charge is -2.40. The highest BCUT2D eigenvalue weighted by Gasteiger charge is 2.48. The van der Waals surface area contributed by atoms with E-state index in [1.807, 2.05) is 66.7 Å². The predicted octanol–water partition coefficient (Wildman–Crippen LogP) is 5.73. The molecule has 0 saturated heterocycles. The third-order valence-electron chi connectivity index (χ3n) is 6.94. The number of carboxylic acids is 1. The molecular weight excluding hydrogens is 510 g/mol. The topological polar surface area (TPSA) is 103 Å². The zero-order chi connectivity index (χ0) is 28.8. The van der Waals surface area contributed by atoms with Crippen LogP contribution in [0.15, 0.2) is 66.7 Å². The zero-order valence-corrected chi connectivity index (χ0v) is 23.2. The van der Waals surface area contributed by atoms with Gasteiger partial charge in [-0.25, -0.2) is 4.79 Å². The van der Waals surface area contributed by atoms with E-state index < -0.39 is 23.0 Å². The summed E-state index contributed by atoms with van der Waals surface area (Å²) in [6.45, 7) is 3.56. The van der Waals surface area contributed by atoms with Crippen LogP contribution in [0.25, 0.3) is 12.2 Å². The van der Waals surface area contributed by atoms with Gasteiger partial charge in [0.2, 0.25) is 0 Å². The van der Waals surface area contributed by atoms with E-state index in [1.54, 1.807) is 40.2 Å². The molecule has 0 unspecified atom stereocenters. The molecule has 0 aliphatic heterocycles. The van der Waals surface area contributed by atoms with Crippen LogP contribution in [0.1, 0.15) is 49.8 Å². The SMILES string of the molecule is COc1ccc(/C=C/c2cc(OC)cc(OCc3ccc(OC(C)(C)C(=O)NC4(C(=O)O)CCC4)cc3)c2)cc1. The number of hydrogen-bond acceptors (Lipinski definition) is 6. The van der Waals surface area contributed by atoms with Crippen LogP contribution in [0.4, 0.5) is 0 Å². The van der Waals surface area contributed by atoms with Crippen LogP contribution < -0.4 is 24.3 Å². The van der Waals surface area contributed by atoms with Gasteiger partial charge in [0.1, 0.15) is 35.1 Å². The van der Waals surface area contributed by atoms with E-state index in [9.17, 15) is 14.7 Å². The second-order valence-electron chi connectivity index (χ2n) is 10.3. The quantitative estimate of drug-likeness (QED) is 0.280. The Kier molecular flexibility index (Phi) is 8.67. The zero-order valence-electron chi connectivity index (χ0n) is 23.2. The summed E-state index contributed by atoms with van der Waals surface area (Å²) in [6.07, 6.45) is 5.62. The Balaban J connectivity index is 1.36. The molecule has 0 heterocycles. The van der Waals surface area contributed by atoms with Crippen LogP contribution in [0.5, 0.6) is 23.0 Å². The lowest BCUT2D eigenvalue weighted by molar-refractivity contribution is -0.154. The maximum absolute atomic E-state index is 12.8. The highest BCUT2D eigenvalue weighted by Crippen LogP contribution is 2.33. The number of ether oxygens (including phenoxy) is 4. The van der Waals surface area contributed by atoms with Crippen molar-refractivity contribution >= 4 is 24.0 Å². The predicted molar refractivity (Wildman–Crippen MR) is 153 cm³/mol. The van der Waals surface area contributed by atoms with Gasteiger partial charge in [0.25, 0.3) is 5.91 Å². The molecule has 3 aromatic rings. The molecular formula is C32H35NO7. The molecule has 0 spiro atoms. The number of carbonyl (C=O) groups excluding carboxylic acids is 1. The number of methoxy groups -OCH3 is 2. The molecule has 0 bridgehead atoms. The summed E-state index contributed by atoms with van der Waals surface area (Å²) in [5, 5.41) is 12.2. The van der Waals surface area contributed by atoms with Crippen molar-refractivity contribution in [1.29, 1.82) is 0 Å². The number of amides is 1. The van der Waals surface area contributed by atoms with Gasteiger partial charge in [0.05, 0.1) is 14.2 Å². The van der Waals surface area contributed by atoms with Crippen molar-refractivity contribution in [3.05, 3.63) is 83.4 Å². The maximum atomic E-state index is 12.8. The van der Waals surface area contributed by atoms with Crippen molar-refractivity contribution in [1.82, 2.24) is 5.32 Å². The van der Waals surface area contributed by atoms with Gasteiger partial charge < -0.3 is 29.4 Å². The molecule has 2 N–H and O–H groups in total. The number of nitrogens with one attached hydrogen (secondary N) is 1. The lowest BCUT2D eigenvalue weighted by Crippen LogP contribution is -2.63. The monoisotopic (exact) mass is 545 g/mol. The Hall–Kier alpha value is -4.46. The number of aliphatic carboxylic acids is 1. The molecule has 8 heteroatoms. The minimum Gasteiger partial charge on any atom is -0.497 e. The molecule has 3 aromatic carbocycles. The minimum absolute atomic E-state index is 0.320. The standard InChI is InChI=1S/C32H35NO7/c1-31(2,29(34)33-32(30(35)36)16-5-17-32)40-26-14-10-23(11-15-26)21-39-28-19-24(18-27(20-28)38-4)7-6-22-8-12-25(37-3)13-9-22/h6-15,18-20H,5,16-17,21H2,1-4H3,(H,33,34)(H,35,36)/b7-6+. The van der Waals surface area contributed by atoms with E-state index in [-0.39, 0.29) is 0 Å². The fraction of sp³-hybridized carbons (Fsp3) is 0.312. The summed E-state index contributed by atoms with van der Waals surface area (Å²) >= 11 is 0. The highest BCUT2D eigenvalue weighted by molar-refractivity contribution is 5.91. The molecule has 1 fully saturated rings. The van der Waals surface area contributed by atoms with Crippen LogP contribution >= 0.6 is 0 Å². The Labute approximate surface area is 234 Å². The van der Waals surface area contributed by atoms with Gasteiger partial charge in [-0.1, -0.05) is 36.4 Å². The van der Waals surface area contributed by atoms with Crippen LogP contribution in [-0.2, 0) is 16.2 Å². The second kappa shape index (κ2) is 12.2. The van der Waals surface area contributed by atoms with Gasteiger partial charge in [-0.05, 0) is 86.2 Å². The van der Waals surface area contributed by atoms with Crippen LogP contribution in [0.3, 0.4) is 0 Å². The Morgan fingerprint density at radius 3 is 2.02 bits per heavy atom. The van der Waals surface area contributed by atoms with E-state index in [4.69, 9.17) is 18.9 Å². The van der Waals surface area contributed by atoms with E-state index in [0.717, 1.165) is 28.9 Å². The molecule has 1 aliphatic carbocycles. The normalized spacial score (nSPS) is 14.2. The molecule has 40 heavy (non-hydrogen) atoms. The molecule has 1 saturated carbocycles. The fourth-order valence-electron chi connectivity index (χ4n) is 4.25. The number of carbonyl (C=O) groups is 2. The minimum atomic E-state index is -1.24. The molecule has 0 radical (unpaired) electrons. The number of rotatable bonds is 12. The number of carboxylic acid groups (broad SMARTS) is 1. The van der Waals surface area contributed by atoms with Crippen LogP contribution in [0.2, 0.25) is 0 Å². The molecule has 4 rings (SSSR count). The van der Waals surface area contributed by atoms with Crippen molar-refractivity contribution in [3.8, 4) is 23.0 Å². The van der Waals surface area contributed by atoms with E-state index in [1.165, 1.54) is 0 Å². The Morgan fingerprint density at radius 1 is 0.850 bits per heavy atom. The second-order valence-corrected chi connectivity index (χ2v) is 10.3. The molecule has 0 aromatic heterocycles. The summed E-state index contributed by atoms with van der Waals surface area (Å²) in [7, 11) is 3.26. The van der Waals surface area contributed by atoms with E-state index in [0.29, 0.717) is 36.7 Å². The largest absolute Gasteiger partial charge is 0.497 e. The number of benzene rings is 3. The number of hydrogen-bond donors (Lipinski definition) is 2. The van der Waals surface area contributed by atoms with Crippen molar-refractivity contribution < 1.29 is 33.6 Å². The molecule has 210 valence electrons.